The molecule has 0 aliphatic carbocycles. The molecule has 19 heavy (non-hydrogen) atoms. The highest BCUT2D eigenvalue weighted by molar-refractivity contribution is 7.09. The second-order valence-electron chi connectivity index (χ2n) is 5.33. The first-order valence-corrected chi connectivity index (χ1v) is 8.13. The minimum atomic E-state index is 0.281. The summed E-state index contributed by atoms with van der Waals surface area (Å²) in [5.74, 6) is 0.281. The summed E-state index contributed by atoms with van der Waals surface area (Å²) in [6, 6.07) is 4.76. The quantitative estimate of drug-likeness (QED) is 0.869. The van der Waals surface area contributed by atoms with Crippen molar-refractivity contribution in [3.05, 3.63) is 22.4 Å². The lowest BCUT2D eigenvalue weighted by Gasteiger charge is -2.24. The van der Waals surface area contributed by atoms with Gasteiger partial charge in [-0.05, 0) is 43.7 Å². The van der Waals surface area contributed by atoms with E-state index in [1.807, 2.05) is 11.9 Å². The van der Waals surface area contributed by atoms with E-state index in [0.29, 0.717) is 12.5 Å². The van der Waals surface area contributed by atoms with Gasteiger partial charge in [0, 0.05) is 30.9 Å². The molecule has 2 rings (SSSR count). The summed E-state index contributed by atoms with van der Waals surface area (Å²) in [5.41, 5.74) is 0. The highest BCUT2D eigenvalue weighted by Gasteiger charge is 2.15. The third-order valence-electron chi connectivity index (χ3n) is 3.82. The average Bonchev–Trinajstić information content (AvgIpc) is 2.96. The van der Waals surface area contributed by atoms with E-state index in [1.165, 1.54) is 24.1 Å². The fraction of sp³-hybridized carbons (Fsp3) is 0.667. The summed E-state index contributed by atoms with van der Waals surface area (Å²) >= 11 is 1.76. The highest BCUT2D eigenvalue weighted by Crippen LogP contribution is 2.13. The van der Waals surface area contributed by atoms with Crippen molar-refractivity contribution in [2.24, 2.45) is 0 Å². The molecule has 1 aromatic heterocycles. The van der Waals surface area contributed by atoms with Crippen LogP contribution in [0.3, 0.4) is 0 Å². The first-order valence-electron chi connectivity index (χ1n) is 7.25. The fourth-order valence-electron chi connectivity index (χ4n) is 2.52. The third kappa shape index (κ3) is 4.96. The number of likely N-dealkylation sites (N-methyl/N-ethyl adjacent to an activating group) is 1. The molecule has 4 heteroatoms. The maximum atomic E-state index is 12.0. The van der Waals surface area contributed by atoms with Crippen molar-refractivity contribution >= 4 is 17.2 Å². The molecule has 1 N–H and O–H groups in total. The van der Waals surface area contributed by atoms with Gasteiger partial charge >= 0.3 is 0 Å². The number of rotatable bonds is 6. The molecule has 1 saturated heterocycles. The normalized spacial score (nSPS) is 19.3. The van der Waals surface area contributed by atoms with E-state index in [4.69, 9.17) is 0 Å². The van der Waals surface area contributed by atoms with Crippen molar-refractivity contribution in [3.8, 4) is 0 Å². The van der Waals surface area contributed by atoms with Crippen LogP contribution in [0.15, 0.2) is 17.5 Å². The SMILES string of the molecule is CN(CCc1cccs1)C(=O)CCC1CCCCN1. The van der Waals surface area contributed by atoms with Gasteiger partial charge in [0.25, 0.3) is 0 Å². The Morgan fingerprint density at radius 1 is 1.53 bits per heavy atom. The number of carbonyl (C=O) groups is 1. The molecule has 1 unspecified atom stereocenters. The summed E-state index contributed by atoms with van der Waals surface area (Å²) in [6.07, 6.45) is 6.46. The molecule has 106 valence electrons. The van der Waals surface area contributed by atoms with Crippen LogP contribution in [0.2, 0.25) is 0 Å². The second kappa shape index (κ2) is 7.65. The summed E-state index contributed by atoms with van der Waals surface area (Å²) in [7, 11) is 1.92. The molecule has 0 radical (unpaired) electrons. The van der Waals surface area contributed by atoms with Crippen LogP contribution < -0.4 is 5.32 Å². The molecule has 0 spiro atoms. The molecule has 1 aliphatic rings. The molecule has 1 amide bonds. The Bertz CT molecular complexity index is 372. The van der Waals surface area contributed by atoms with Crippen molar-refractivity contribution in [3.63, 3.8) is 0 Å². The molecule has 1 aliphatic heterocycles. The van der Waals surface area contributed by atoms with Gasteiger partial charge in [-0.2, -0.15) is 0 Å². The van der Waals surface area contributed by atoms with Gasteiger partial charge < -0.3 is 10.2 Å². The summed E-state index contributed by atoms with van der Waals surface area (Å²) in [4.78, 5) is 15.3. The van der Waals surface area contributed by atoms with Crippen LogP contribution in [0.1, 0.15) is 37.0 Å². The van der Waals surface area contributed by atoms with Crippen molar-refractivity contribution in [2.45, 2.75) is 44.6 Å². The highest BCUT2D eigenvalue weighted by atomic mass is 32.1. The van der Waals surface area contributed by atoms with Gasteiger partial charge in [0.2, 0.25) is 5.91 Å². The Labute approximate surface area is 120 Å². The number of thiophene rings is 1. The van der Waals surface area contributed by atoms with Crippen LogP contribution in [0, 0.1) is 0 Å². The maximum Gasteiger partial charge on any atom is 0.222 e. The zero-order valence-corrected chi connectivity index (χ0v) is 12.5. The number of carbonyl (C=O) groups excluding carboxylic acids is 1. The number of nitrogens with zero attached hydrogens (tertiary/aromatic N) is 1. The van der Waals surface area contributed by atoms with Crippen molar-refractivity contribution in [2.75, 3.05) is 20.1 Å². The number of amides is 1. The Kier molecular flexibility index (Phi) is 5.86. The van der Waals surface area contributed by atoms with Crippen LogP contribution in [-0.2, 0) is 11.2 Å². The standard InChI is InChI=1S/C15H24N2OS/c1-17(11-9-14-6-4-12-19-14)15(18)8-7-13-5-2-3-10-16-13/h4,6,12-13,16H,2-3,5,7-11H2,1H3. The smallest absolute Gasteiger partial charge is 0.222 e. The molecular weight excluding hydrogens is 256 g/mol. The molecule has 2 heterocycles. The summed E-state index contributed by atoms with van der Waals surface area (Å²) < 4.78 is 0. The van der Waals surface area contributed by atoms with Gasteiger partial charge in [-0.3, -0.25) is 4.79 Å². The number of nitrogens with one attached hydrogen (secondary N) is 1. The number of piperidine rings is 1. The zero-order valence-electron chi connectivity index (χ0n) is 11.7. The van der Waals surface area contributed by atoms with Crippen LogP contribution in [0.4, 0.5) is 0 Å². The van der Waals surface area contributed by atoms with Gasteiger partial charge in [0.15, 0.2) is 0 Å². The summed E-state index contributed by atoms with van der Waals surface area (Å²) in [6.45, 7) is 1.95. The minimum absolute atomic E-state index is 0.281. The molecule has 1 aromatic rings. The van der Waals surface area contributed by atoms with Gasteiger partial charge in [0.05, 0.1) is 0 Å². The maximum absolute atomic E-state index is 12.0. The minimum Gasteiger partial charge on any atom is -0.345 e. The number of hydrogen-bond acceptors (Lipinski definition) is 3. The largest absolute Gasteiger partial charge is 0.345 e. The number of hydrogen-bond donors (Lipinski definition) is 1. The lowest BCUT2D eigenvalue weighted by atomic mass is 10.0. The third-order valence-corrected chi connectivity index (χ3v) is 4.75. The molecule has 3 nitrogen and oxygen atoms in total. The van der Waals surface area contributed by atoms with E-state index in [9.17, 15) is 4.79 Å². The predicted octanol–water partition coefficient (Wildman–Crippen LogP) is 2.67. The average molecular weight is 280 g/mol. The van der Waals surface area contributed by atoms with E-state index in [2.05, 4.69) is 22.8 Å². The molecule has 1 fully saturated rings. The fourth-order valence-corrected chi connectivity index (χ4v) is 3.21. The summed E-state index contributed by atoms with van der Waals surface area (Å²) in [5, 5.41) is 5.59. The second-order valence-corrected chi connectivity index (χ2v) is 6.36. The van der Waals surface area contributed by atoms with Crippen LogP contribution in [0.5, 0.6) is 0 Å². The molecule has 0 saturated carbocycles. The molecule has 1 atom stereocenters. The van der Waals surface area contributed by atoms with Crippen LogP contribution in [-0.4, -0.2) is 37.0 Å². The van der Waals surface area contributed by atoms with Crippen molar-refractivity contribution in [1.82, 2.24) is 10.2 Å². The van der Waals surface area contributed by atoms with Gasteiger partial charge in [0.1, 0.15) is 0 Å². The van der Waals surface area contributed by atoms with E-state index in [1.54, 1.807) is 11.3 Å². The van der Waals surface area contributed by atoms with E-state index in [0.717, 1.165) is 25.9 Å². The monoisotopic (exact) mass is 280 g/mol. The van der Waals surface area contributed by atoms with E-state index >= 15 is 0 Å². The van der Waals surface area contributed by atoms with Crippen molar-refractivity contribution < 1.29 is 4.79 Å². The molecule has 0 aromatic carbocycles. The zero-order chi connectivity index (χ0) is 13.5. The van der Waals surface area contributed by atoms with E-state index in [-0.39, 0.29) is 5.91 Å². The van der Waals surface area contributed by atoms with Gasteiger partial charge in [-0.15, -0.1) is 11.3 Å². The van der Waals surface area contributed by atoms with Crippen LogP contribution >= 0.6 is 11.3 Å². The van der Waals surface area contributed by atoms with Gasteiger partial charge in [-0.1, -0.05) is 12.5 Å². The van der Waals surface area contributed by atoms with Gasteiger partial charge in [-0.25, -0.2) is 0 Å². The topological polar surface area (TPSA) is 32.3 Å². The van der Waals surface area contributed by atoms with Crippen molar-refractivity contribution in [1.29, 1.82) is 0 Å². The lowest BCUT2D eigenvalue weighted by Crippen LogP contribution is -2.36. The Morgan fingerprint density at radius 2 is 2.42 bits per heavy atom. The Morgan fingerprint density at radius 3 is 3.11 bits per heavy atom. The molecular formula is C15H24N2OS. The van der Waals surface area contributed by atoms with Crippen LogP contribution in [0.25, 0.3) is 0 Å². The first kappa shape index (κ1) is 14.5. The Balaban J connectivity index is 1.64. The lowest BCUT2D eigenvalue weighted by molar-refractivity contribution is -0.130. The predicted molar refractivity (Wildman–Crippen MR) is 80.5 cm³/mol. The first-order chi connectivity index (χ1) is 9.25. The Hall–Kier alpha value is -0.870. The molecule has 0 bridgehead atoms. The van der Waals surface area contributed by atoms with E-state index < -0.39 is 0 Å².